The number of aromatic nitrogens is 3. The highest BCUT2D eigenvalue weighted by Crippen LogP contribution is 2.22. The molecular weight excluding hydrogens is 407 g/mol. The molecule has 2 heterocycles. The fraction of sp³-hybridized carbons (Fsp3) is 0. The monoisotopic (exact) mass is 410 g/mol. The maximum atomic E-state index is 13.4. The highest BCUT2D eigenvalue weighted by atomic mass is 79.9. The van der Waals surface area contributed by atoms with Crippen LogP contribution in [0.5, 0.6) is 0 Å². The van der Waals surface area contributed by atoms with E-state index in [1.54, 1.807) is 0 Å². The van der Waals surface area contributed by atoms with Gasteiger partial charge in [-0.05, 0) is 44.0 Å². The van der Waals surface area contributed by atoms with Crippen LogP contribution in [0.1, 0.15) is 0 Å². The first-order chi connectivity index (χ1) is 8.90. The normalized spacial score (nSPS) is 11.3. The summed E-state index contributed by atoms with van der Waals surface area (Å²) in [6.45, 7) is 0. The predicted octanol–water partition coefficient (Wildman–Crippen LogP) is 2.34. The van der Waals surface area contributed by atoms with Gasteiger partial charge in [0.25, 0.3) is 10.0 Å². The summed E-state index contributed by atoms with van der Waals surface area (Å²) in [6.07, 6.45) is 2.48. The maximum absolute atomic E-state index is 13.4. The first kappa shape index (κ1) is 14.3. The van der Waals surface area contributed by atoms with Gasteiger partial charge in [-0.3, -0.25) is 4.72 Å². The summed E-state index contributed by atoms with van der Waals surface area (Å²) < 4.78 is 40.0. The second-order valence-corrected chi connectivity index (χ2v) is 6.39. The fourth-order valence-electron chi connectivity index (χ4n) is 1.16. The van der Waals surface area contributed by atoms with Crippen molar-refractivity contribution in [2.24, 2.45) is 0 Å². The third-order valence-corrected chi connectivity index (χ3v) is 4.12. The fourth-order valence-corrected chi connectivity index (χ4v) is 3.23. The van der Waals surface area contributed by atoms with E-state index in [2.05, 4.69) is 51.5 Å². The van der Waals surface area contributed by atoms with Crippen LogP contribution in [-0.4, -0.2) is 23.4 Å². The van der Waals surface area contributed by atoms with Crippen molar-refractivity contribution in [2.75, 3.05) is 4.72 Å². The molecule has 0 radical (unpaired) electrons. The molecule has 0 bridgehead atoms. The van der Waals surface area contributed by atoms with E-state index in [1.165, 1.54) is 18.5 Å². The molecule has 0 aliphatic carbocycles. The molecule has 0 saturated heterocycles. The number of rotatable bonds is 3. The van der Waals surface area contributed by atoms with Gasteiger partial charge in [0.1, 0.15) is 4.60 Å². The first-order valence-corrected chi connectivity index (χ1v) is 7.78. The van der Waals surface area contributed by atoms with Crippen LogP contribution in [-0.2, 0) is 10.0 Å². The largest absolute Gasteiger partial charge is 0.283 e. The van der Waals surface area contributed by atoms with Gasteiger partial charge in [-0.1, -0.05) is 0 Å². The van der Waals surface area contributed by atoms with Crippen molar-refractivity contribution in [3.8, 4) is 0 Å². The molecule has 1 N–H and O–H groups in total. The Kier molecular flexibility index (Phi) is 4.11. The number of hydrogen-bond donors (Lipinski definition) is 1. The molecule has 0 aliphatic heterocycles. The number of anilines is 1. The topological polar surface area (TPSA) is 84.8 Å². The lowest BCUT2D eigenvalue weighted by Crippen LogP contribution is -2.17. The highest BCUT2D eigenvalue weighted by Gasteiger charge is 2.22. The van der Waals surface area contributed by atoms with Crippen molar-refractivity contribution >= 4 is 47.7 Å². The van der Waals surface area contributed by atoms with Crippen LogP contribution in [0, 0.1) is 5.82 Å². The summed E-state index contributed by atoms with van der Waals surface area (Å²) in [4.78, 5) is 11.2. The highest BCUT2D eigenvalue weighted by molar-refractivity contribution is 9.11. The zero-order valence-electron chi connectivity index (χ0n) is 9.01. The molecule has 10 heteroatoms. The van der Waals surface area contributed by atoms with Crippen molar-refractivity contribution in [1.82, 2.24) is 15.0 Å². The average molecular weight is 412 g/mol. The predicted molar refractivity (Wildman–Crippen MR) is 72.4 cm³/mol. The van der Waals surface area contributed by atoms with Crippen molar-refractivity contribution in [1.29, 1.82) is 0 Å². The van der Waals surface area contributed by atoms with E-state index in [9.17, 15) is 12.8 Å². The van der Waals surface area contributed by atoms with Crippen LogP contribution in [0.25, 0.3) is 0 Å². The van der Waals surface area contributed by atoms with Crippen LogP contribution >= 0.6 is 31.9 Å². The zero-order valence-corrected chi connectivity index (χ0v) is 13.0. The van der Waals surface area contributed by atoms with Crippen LogP contribution < -0.4 is 4.72 Å². The van der Waals surface area contributed by atoms with Gasteiger partial charge in [-0.2, -0.15) is 8.42 Å². The van der Waals surface area contributed by atoms with Gasteiger partial charge in [-0.25, -0.2) is 19.3 Å². The molecule has 0 spiro atoms. The minimum atomic E-state index is -4.16. The third-order valence-electron chi connectivity index (χ3n) is 1.91. The van der Waals surface area contributed by atoms with Gasteiger partial charge in [0.2, 0.25) is 5.03 Å². The molecule has 0 unspecified atom stereocenters. The van der Waals surface area contributed by atoms with Crippen molar-refractivity contribution in [3.05, 3.63) is 39.6 Å². The summed E-state index contributed by atoms with van der Waals surface area (Å²) in [5, 5.41) is -0.702. The molecule has 2 aromatic heterocycles. The number of hydrogen-bond acceptors (Lipinski definition) is 5. The van der Waals surface area contributed by atoms with Crippen LogP contribution in [0.4, 0.5) is 10.2 Å². The Labute approximate surface area is 124 Å². The van der Waals surface area contributed by atoms with Crippen molar-refractivity contribution < 1.29 is 12.8 Å². The zero-order chi connectivity index (χ0) is 14.0. The summed E-state index contributed by atoms with van der Waals surface area (Å²) in [7, 11) is -4.16. The molecule has 0 amide bonds. The summed E-state index contributed by atoms with van der Waals surface area (Å²) >= 11 is 6.13. The molecular formula is C9H5Br2FN4O2S. The average Bonchev–Trinajstić information content (AvgIpc) is 2.33. The number of nitrogens with one attached hydrogen (secondary N) is 1. The van der Waals surface area contributed by atoms with Crippen LogP contribution in [0.3, 0.4) is 0 Å². The third kappa shape index (κ3) is 3.25. The number of nitrogens with zero attached hydrogens (tertiary/aromatic N) is 3. The van der Waals surface area contributed by atoms with Crippen LogP contribution in [0.15, 0.2) is 38.8 Å². The summed E-state index contributed by atoms with van der Waals surface area (Å²) in [6, 6.07) is 2.30. The number of pyridine rings is 1. The van der Waals surface area contributed by atoms with E-state index < -0.39 is 20.9 Å². The van der Waals surface area contributed by atoms with E-state index in [1.807, 2.05) is 0 Å². The molecule has 2 aromatic rings. The lowest BCUT2D eigenvalue weighted by atomic mass is 10.5. The number of halogens is 3. The van der Waals surface area contributed by atoms with Crippen LogP contribution in [0.2, 0.25) is 0 Å². The van der Waals surface area contributed by atoms with E-state index in [0.29, 0.717) is 4.60 Å². The molecule has 100 valence electrons. The molecule has 0 fully saturated rings. The first-order valence-electron chi connectivity index (χ1n) is 4.71. The van der Waals surface area contributed by atoms with Gasteiger partial charge in [0.15, 0.2) is 16.2 Å². The second-order valence-electron chi connectivity index (χ2n) is 3.23. The summed E-state index contributed by atoms with van der Waals surface area (Å²) in [5.74, 6) is -1.01. The smallest absolute Gasteiger partial charge is 0.260 e. The molecule has 2 rings (SSSR count). The van der Waals surface area contributed by atoms with Gasteiger partial charge in [0.05, 0.1) is 6.20 Å². The Hall–Kier alpha value is -1.13. The standard InChI is InChI=1S/C9H5Br2FN4O2S/c10-6-4-14-8(7(11)15-6)16-19(17,18)9-5(12)2-1-3-13-9/h1-4H,(H,14,16). The molecule has 0 atom stereocenters. The second kappa shape index (κ2) is 5.47. The minimum Gasteiger partial charge on any atom is -0.260 e. The minimum absolute atomic E-state index is 0.0618. The van der Waals surface area contributed by atoms with E-state index >= 15 is 0 Å². The Morgan fingerprint density at radius 3 is 2.63 bits per heavy atom. The maximum Gasteiger partial charge on any atom is 0.283 e. The lowest BCUT2D eigenvalue weighted by Gasteiger charge is -2.08. The van der Waals surface area contributed by atoms with Crippen molar-refractivity contribution in [3.63, 3.8) is 0 Å². The summed E-state index contributed by atoms with van der Waals surface area (Å²) in [5.41, 5.74) is 0. The molecule has 19 heavy (non-hydrogen) atoms. The van der Waals surface area contributed by atoms with Gasteiger partial charge < -0.3 is 0 Å². The molecule has 0 aromatic carbocycles. The number of sulfonamides is 1. The Morgan fingerprint density at radius 2 is 2.00 bits per heavy atom. The van der Waals surface area contributed by atoms with E-state index in [0.717, 1.165) is 6.07 Å². The quantitative estimate of drug-likeness (QED) is 0.837. The molecule has 6 nitrogen and oxygen atoms in total. The molecule has 0 saturated carbocycles. The van der Waals surface area contributed by atoms with Crippen molar-refractivity contribution in [2.45, 2.75) is 5.03 Å². The van der Waals surface area contributed by atoms with E-state index in [-0.39, 0.29) is 10.4 Å². The Balaban J connectivity index is 2.40. The molecule has 0 aliphatic rings. The lowest BCUT2D eigenvalue weighted by molar-refractivity contribution is 0.556. The Morgan fingerprint density at radius 1 is 1.26 bits per heavy atom. The van der Waals surface area contributed by atoms with Gasteiger partial charge >= 0.3 is 0 Å². The van der Waals surface area contributed by atoms with E-state index in [4.69, 9.17) is 0 Å². The van der Waals surface area contributed by atoms with Gasteiger partial charge in [0, 0.05) is 6.20 Å². The SMILES string of the molecule is O=S(=O)(Nc1ncc(Br)nc1Br)c1ncccc1F. The Bertz CT molecular complexity index is 726. The van der Waals surface area contributed by atoms with Gasteiger partial charge in [-0.15, -0.1) is 0 Å².